The molecule has 0 radical (unpaired) electrons. The van der Waals surface area contributed by atoms with E-state index in [9.17, 15) is 22.8 Å². The number of hydrogen-bond acceptors (Lipinski definition) is 3. The quantitative estimate of drug-likeness (QED) is 0.512. The number of aromatic amines is 1. The number of carbonyl (C=O) groups is 1. The molecule has 0 fully saturated rings. The van der Waals surface area contributed by atoms with Crippen LogP contribution in [0.3, 0.4) is 0 Å². The van der Waals surface area contributed by atoms with Crippen molar-refractivity contribution in [3.63, 3.8) is 0 Å². The van der Waals surface area contributed by atoms with Crippen LogP contribution < -0.4 is 10.2 Å². The lowest BCUT2D eigenvalue weighted by atomic mass is 10.1. The number of ketones is 1. The Morgan fingerprint density at radius 2 is 1.88 bits per heavy atom. The molecule has 1 heterocycles. The molecule has 24 heavy (non-hydrogen) atoms. The molecule has 0 atom stereocenters. The van der Waals surface area contributed by atoms with Gasteiger partial charge in [0.1, 0.15) is 10.7 Å². The maximum atomic E-state index is 12.5. The summed E-state index contributed by atoms with van der Waals surface area (Å²) in [5.41, 5.74) is -1.29. The summed E-state index contributed by atoms with van der Waals surface area (Å²) in [6.07, 6.45) is -2.05. The summed E-state index contributed by atoms with van der Waals surface area (Å²) in [4.78, 5) is 26.5. The second kappa shape index (κ2) is 6.92. The Hall–Kier alpha value is -2.54. The van der Waals surface area contributed by atoms with E-state index in [0.29, 0.717) is 5.56 Å². The van der Waals surface area contributed by atoms with E-state index in [1.54, 1.807) is 0 Å². The van der Waals surface area contributed by atoms with Crippen molar-refractivity contribution >= 4 is 23.5 Å². The smallest absolute Gasteiger partial charge is 0.416 e. The zero-order chi connectivity index (χ0) is 17.9. The number of benzene rings is 1. The molecule has 2 rings (SSSR count). The number of pyridine rings is 1. The number of hydrogen-bond donors (Lipinski definition) is 1. The summed E-state index contributed by atoms with van der Waals surface area (Å²) in [7, 11) is 1.26. The fraction of sp³-hybridized carbons (Fsp3) is 0.125. The van der Waals surface area contributed by atoms with Crippen LogP contribution in [0.5, 0.6) is 5.88 Å². The number of H-pyrrole nitrogens is 1. The summed E-state index contributed by atoms with van der Waals surface area (Å²) in [5, 5.41) is 0.0140. The number of rotatable bonds is 4. The van der Waals surface area contributed by atoms with Gasteiger partial charge in [0.25, 0.3) is 0 Å². The van der Waals surface area contributed by atoms with Gasteiger partial charge in [0.05, 0.1) is 12.7 Å². The Labute approximate surface area is 139 Å². The molecule has 0 saturated carbocycles. The predicted molar refractivity (Wildman–Crippen MR) is 83.4 cm³/mol. The largest absolute Gasteiger partial charge is 0.482 e. The Bertz CT molecular complexity index is 839. The monoisotopic (exact) mass is 357 g/mol. The van der Waals surface area contributed by atoms with Gasteiger partial charge in [0, 0.05) is 6.07 Å². The lowest BCUT2D eigenvalue weighted by Crippen LogP contribution is -2.15. The third-order valence-corrected chi connectivity index (χ3v) is 3.28. The highest BCUT2D eigenvalue weighted by Crippen LogP contribution is 2.29. The summed E-state index contributed by atoms with van der Waals surface area (Å²) in [6.45, 7) is 0. The number of aromatic nitrogens is 1. The van der Waals surface area contributed by atoms with Gasteiger partial charge < -0.3 is 9.72 Å². The van der Waals surface area contributed by atoms with Crippen molar-refractivity contribution < 1.29 is 22.7 Å². The minimum absolute atomic E-state index is 0.0140. The van der Waals surface area contributed by atoms with E-state index in [0.717, 1.165) is 24.3 Å². The molecule has 0 unspecified atom stereocenters. The molecule has 4 nitrogen and oxygen atoms in total. The first-order valence-electron chi connectivity index (χ1n) is 6.59. The number of methoxy groups -OCH3 is 1. The lowest BCUT2D eigenvalue weighted by Gasteiger charge is -2.06. The van der Waals surface area contributed by atoms with E-state index < -0.39 is 23.0 Å². The Morgan fingerprint density at radius 3 is 2.42 bits per heavy atom. The Morgan fingerprint density at radius 1 is 1.25 bits per heavy atom. The zero-order valence-corrected chi connectivity index (χ0v) is 13.0. The highest BCUT2D eigenvalue weighted by molar-refractivity contribution is 6.29. The zero-order valence-electron chi connectivity index (χ0n) is 12.3. The molecular weight excluding hydrogens is 347 g/mol. The minimum Gasteiger partial charge on any atom is -0.482 e. The van der Waals surface area contributed by atoms with Crippen LogP contribution in [-0.4, -0.2) is 17.9 Å². The maximum absolute atomic E-state index is 12.5. The van der Waals surface area contributed by atoms with E-state index in [-0.39, 0.29) is 16.6 Å². The molecule has 0 bridgehead atoms. The molecule has 1 N–H and O–H groups in total. The molecule has 2 aromatic rings. The Kier molecular flexibility index (Phi) is 5.14. The highest BCUT2D eigenvalue weighted by Gasteiger charge is 2.29. The second-order valence-electron chi connectivity index (χ2n) is 4.71. The van der Waals surface area contributed by atoms with Crippen LogP contribution in [0.2, 0.25) is 5.15 Å². The molecule has 0 amide bonds. The van der Waals surface area contributed by atoms with Crippen LogP contribution in [0, 0.1) is 0 Å². The number of ether oxygens (including phenoxy) is 1. The van der Waals surface area contributed by atoms with Crippen molar-refractivity contribution in [2.45, 2.75) is 6.18 Å². The molecule has 0 aliphatic rings. The molecule has 1 aromatic heterocycles. The molecule has 0 saturated heterocycles. The van der Waals surface area contributed by atoms with E-state index >= 15 is 0 Å². The number of allylic oxidation sites excluding steroid dienone is 1. The van der Waals surface area contributed by atoms with Crippen LogP contribution in [0.4, 0.5) is 13.2 Å². The van der Waals surface area contributed by atoms with Crippen LogP contribution in [0.15, 0.2) is 41.2 Å². The van der Waals surface area contributed by atoms with E-state index in [1.807, 2.05) is 0 Å². The fourth-order valence-corrected chi connectivity index (χ4v) is 2.12. The van der Waals surface area contributed by atoms with Gasteiger partial charge >= 0.3 is 6.18 Å². The first-order chi connectivity index (χ1) is 11.2. The lowest BCUT2D eigenvalue weighted by molar-refractivity contribution is -0.137. The van der Waals surface area contributed by atoms with Gasteiger partial charge in [-0.05, 0) is 23.8 Å². The summed E-state index contributed by atoms with van der Waals surface area (Å²) >= 11 is 5.67. The van der Waals surface area contributed by atoms with Crippen molar-refractivity contribution in [3.05, 3.63) is 68.5 Å². The van der Waals surface area contributed by atoms with Crippen molar-refractivity contribution in [1.82, 2.24) is 4.98 Å². The van der Waals surface area contributed by atoms with Crippen molar-refractivity contribution in [3.8, 4) is 5.88 Å². The van der Waals surface area contributed by atoms with Gasteiger partial charge in [0.2, 0.25) is 5.88 Å². The molecule has 126 valence electrons. The normalized spacial score (nSPS) is 11.7. The van der Waals surface area contributed by atoms with Crippen LogP contribution in [0.1, 0.15) is 21.5 Å². The van der Waals surface area contributed by atoms with Gasteiger partial charge in [-0.3, -0.25) is 9.59 Å². The molecule has 0 aliphatic carbocycles. The van der Waals surface area contributed by atoms with E-state index in [2.05, 4.69) is 4.98 Å². The SMILES string of the molecule is COc1[nH]c(Cl)cc(=O)c1C(=O)/C=C/c1ccc(C(F)(F)F)cc1. The van der Waals surface area contributed by atoms with Crippen molar-refractivity contribution in [2.24, 2.45) is 0 Å². The molecular formula is C16H11ClF3NO3. The predicted octanol–water partition coefficient (Wildman–Crippen LogP) is 3.95. The van der Waals surface area contributed by atoms with Crippen LogP contribution in [0.25, 0.3) is 6.08 Å². The first-order valence-corrected chi connectivity index (χ1v) is 6.96. The Balaban J connectivity index is 2.27. The van der Waals surface area contributed by atoms with Crippen molar-refractivity contribution in [2.75, 3.05) is 7.11 Å². The molecule has 0 spiro atoms. The van der Waals surface area contributed by atoms with E-state index in [4.69, 9.17) is 16.3 Å². The van der Waals surface area contributed by atoms with Gasteiger partial charge in [-0.15, -0.1) is 0 Å². The number of carbonyl (C=O) groups excluding carboxylic acids is 1. The number of nitrogens with one attached hydrogen (secondary N) is 1. The third kappa shape index (κ3) is 4.05. The molecule has 1 aromatic carbocycles. The topological polar surface area (TPSA) is 59.2 Å². The second-order valence-corrected chi connectivity index (χ2v) is 5.11. The van der Waals surface area contributed by atoms with Gasteiger partial charge in [-0.1, -0.05) is 29.8 Å². The maximum Gasteiger partial charge on any atom is 0.416 e. The van der Waals surface area contributed by atoms with Gasteiger partial charge in [-0.25, -0.2) is 0 Å². The third-order valence-electron chi connectivity index (χ3n) is 3.08. The van der Waals surface area contributed by atoms with Crippen molar-refractivity contribution in [1.29, 1.82) is 0 Å². The molecule has 8 heteroatoms. The van der Waals surface area contributed by atoms with E-state index in [1.165, 1.54) is 25.3 Å². The summed E-state index contributed by atoms with van der Waals surface area (Å²) < 4.78 is 42.4. The highest BCUT2D eigenvalue weighted by atomic mass is 35.5. The number of alkyl halides is 3. The van der Waals surface area contributed by atoms with Crippen LogP contribution >= 0.6 is 11.6 Å². The summed E-state index contributed by atoms with van der Waals surface area (Å²) in [5.74, 6) is -0.751. The van der Waals surface area contributed by atoms with Gasteiger partial charge in [-0.2, -0.15) is 13.2 Å². The average Bonchev–Trinajstić information content (AvgIpc) is 2.51. The number of halogens is 4. The standard InChI is InChI=1S/C16H11ClF3NO3/c1-24-15-14(12(23)8-13(17)21-15)11(22)7-4-9-2-5-10(6-3-9)16(18,19)20/h2-8H,1H3,(H,21,23)/b7-4+. The molecule has 0 aliphatic heterocycles. The van der Waals surface area contributed by atoms with Crippen LogP contribution in [-0.2, 0) is 6.18 Å². The average molecular weight is 358 g/mol. The summed E-state index contributed by atoms with van der Waals surface area (Å²) in [6, 6.07) is 5.27. The fourth-order valence-electron chi connectivity index (χ4n) is 1.93. The van der Waals surface area contributed by atoms with Gasteiger partial charge in [0.15, 0.2) is 11.2 Å². The minimum atomic E-state index is -4.43. The first kappa shape index (κ1) is 17.8.